The molecule has 0 radical (unpaired) electrons. The van der Waals surface area contributed by atoms with Crippen molar-refractivity contribution in [3.05, 3.63) is 87.4 Å². The first kappa shape index (κ1) is 27.9. The van der Waals surface area contributed by atoms with E-state index < -0.39 is 5.60 Å². The maximum absolute atomic E-state index is 12.7. The van der Waals surface area contributed by atoms with E-state index in [-0.39, 0.29) is 30.8 Å². The molecule has 0 saturated heterocycles. The summed E-state index contributed by atoms with van der Waals surface area (Å²) in [5.74, 6) is -0.407. The Kier molecular flexibility index (Phi) is 9.66. The fourth-order valence-electron chi connectivity index (χ4n) is 3.54. The summed E-state index contributed by atoms with van der Waals surface area (Å²) in [6.45, 7) is 5.61. The molecule has 3 aromatic rings. The molecule has 0 fully saturated rings. The number of ether oxygens (including phenoxy) is 2. The molecule has 1 N–H and O–H groups in total. The minimum atomic E-state index is -1.17. The molecule has 0 aromatic heterocycles. The monoisotopic (exact) mass is 547 g/mol. The van der Waals surface area contributed by atoms with Crippen LogP contribution in [0.25, 0.3) is 11.1 Å². The van der Waals surface area contributed by atoms with E-state index >= 15 is 0 Å². The summed E-state index contributed by atoms with van der Waals surface area (Å²) in [4.78, 5) is 25.2. The quantitative estimate of drug-likeness (QED) is 0.269. The Labute approximate surface area is 226 Å². The van der Waals surface area contributed by atoms with Gasteiger partial charge in [0.2, 0.25) is 0 Å². The largest absolute Gasteiger partial charge is 0.478 e. The van der Waals surface area contributed by atoms with Crippen LogP contribution in [0, 0.1) is 5.92 Å². The molecular weight excluding hydrogens is 521 g/mol. The Balaban J connectivity index is 1.49. The summed E-state index contributed by atoms with van der Waals surface area (Å²) in [5, 5.41) is 4.32. The van der Waals surface area contributed by atoms with Gasteiger partial charge in [-0.25, -0.2) is 0 Å². The molecule has 190 valence electrons. The lowest BCUT2D eigenvalue weighted by Crippen LogP contribution is -2.47. The predicted molar refractivity (Wildman–Crippen MR) is 145 cm³/mol. The third kappa shape index (κ3) is 8.16. The fourth-order valence-corrected chi connectivity index (χ4v) is 4.17. The van der Waals surface area contributed by atoms with Crippen molar-refractivity contribution in [2.24, 2.45) is 5.92 Å². The van der Waals surface area contributed by atoms with Crippen molar-refractivity contribution in [3.63, 3.8) is 0 Å². The van der Waals surface area contributed by atoms with E-state index in [0.717, 1.165) is 16.7 Å². The van der Waals surface area contributed by atoms with E-state index in [4.69, 9.17) is 44.3 Å². The van der Waals surface area contributed by atoms with Gasteiger partial charge in [0.15, 0.2) is 5.60 Å². The second kappa shape index (κ2) is 12.5. The number of amides is 1. The molecule has 3 rings (SSSR count). The van der Waals surface area contributed by atoms with E-state index in [0.29, 0.717) is 27.4 Å². The number of rotatable bonds is 10. The van der Waals surface area contributed by atoms with Gasteiger partial charge in [-0.1, -0.05) is 78.1 Å². The Morgan fingerprint density at radius 2 is 1.56 bits per heavy atom. The number of carbonyl (C=O) groups is 2. The summed E-state index contributed by atoms with van der Waals surface area (Å²) in [6, 6.07) is 20.0. The van der Waals surface area contributed by atoms with Crippen molar-refractivity contribution in [1.29, 1.82) is 0 Å². The lowest BCUT2D eigenvalue weighted by Gasteiger charge is -2.26. The molecule has 0 aliphatic carbocycles. The molecule has 1 atom stereocenters. The summed E-state index contributed by atoms with van der Waals surface area (Å²) in [5.41, 5.74) is 1.70. The van der Waals surface area contributed by atoms with Crippen LogP contribution >= 0.6 is 34.8 Å². The molecule has 3 aromatic carbocycles. The van der Waals surface area contributed by atoms with E-state index in [2.05, 4.69) is 5.32 Å². The van der Waals surface area contributed by atoms with Crippen LogP contribution in [0.15, 0.2) is 66.7 Å². The van der Waals surface area contributed by atoms with E-state index in [1.54, 1.807) is 32.0 Å². The maximum Gasteiger partial charge on any atom is 0.306 e. The molecule has 1 amide bonds. The van der Waals surface area contributed by atoms with Crippen LogP contribution in [0.3, 0.4) is 0 Å². The summed E-state index contributed by atoms with van der Waals surface area (Å²) >= 11 is 18.0. The molecule has 5 nitrogen and oxygen atoms in total. The molecule has 36 heavy (non-hydrogen) atoms. The first-order valence-corrected chi connectivity index (χ1v) is 12.6. The number of halogens is 3. The van der Waals surface area contributed by atoms with Crippen LogP contribution in [0.5, 0.6) is 5.75 Å². The van der Waals surface area contributed by atoms with Crippen molar-refractivity contribution in [1.82, 2.24) is 5.32 Å². The van der Waals surface area contributed by atoms with Gasteiger partial charge in [-0.05, 0) is 66.8 Å². The molecule has 0 saturated carbocycles. The smallest absolute Gasteiger partial charge is 0.306 e. The van der Waals surface area contributed by atoms with Gasteiger partial charge in [-0.15, -0.1) is 0 Å². The van der Waals surface area contributed by atoms with Crippen molar-refractivity contribution in [2.75, 3.05) is 6.54 Å². The lowest BCUT2D eigenvalue weighted by atomic mass is 10.0. The van der Waals surface area contributed by atoms with Gasteiger partial charge in [0, 0.05) is 28.0 Å². The third-order valence-corrected chi connectivity index (χ3v) is 6.13. The Hall–Kier alpha value is -2.73. The zero-order valence-corrected chi connectivity index (χ0v) is 22.6. The third-order valence-electron chi connectivity index (χ3n) is 5.44. The SMILES string of the molecule is CC(CNC(=O)C(C)(C)Oc1cc(Cl)cc(Cl)c1)CC(=O)OCc1ccccc1-c1ccc(Cl)cc1. The van der Waals surface area contributed by atoms with Crippen molar-refractivity contribution in [3.8, 4) is 16.9 Å². The minimum Gasteiger partial charge on any atom is -0.478 e. The van der Waals surface area contributed by atoms with Crippen LogP contribution in [-0.4, -0.2) is 24.0 Å². The highest BCUT2D eigenvalue weighted by Crippen LogP contribution is 2.28. The number of carbonyl (C=O) groups excluding carboxylic acids is 2. The van der Waals surface area contributed by atoms with Crippen LogP contribution in [-0.2, 0) is 20.9 Å². The van der Waals surface area contributed by atoms with Gasteiger partial charge in [-0.2, -0.15) is 0 Å². The standard InChI is InChI=1S/C28H28Cl3NO4/c1-18(16-32-27(34)28(2,3)36-24-14-22(30)13-23(31)15-24)12-26(33)35-17-20-6-4-5-7-25(20)19-8-10-21(29)11-9-19/h4-11,13-15,18H,12,16-17H2,1-3H3,(H,32,34). The fraction of sp³-hybridized carbons (Fsp3) is 0.286. The molecular formula is C28H28Cl3NO4. The van der Waals surface area contributed by atoms with Crippen LogP contribution in [0.1, 0.15) is 32.8 Å². The normalized spacial score (nSPS) is 12.1. The van der Waals surface area contributed by atoms with Gasteiger partial charge in [-0.3, -0.25) is 9.59 Å². The first-order valence-electron chi connectivity index (χ1n) is 11.5. The van der Waals surface area contributed by atoms with Gasteiger partial charge in [0.05, 0.1) is 0 Å². The molecule has 0 aliphatic heterocycles. The van der Waals surface area contributed by atoms with Crippen molar-refractivity contribution >= 4 is 46.7 Å². The van der Waals surface area contributed by atoms with Crippen LogP contribution in [0.4, 0.5) is 0 Å². The summed E-state index contributed by atoms with van der Waals surface area (Å²) < 4.78 is 11.3. The highest BCUT2D eigenvalue weighted by Gasteiger charge is 2.30. The first-order chi connectivity index (χ1) is 17.0. The average molecular weight is 549 g/mol. The van der Waals surface area contributed by atoms with Crippen LogP contribution < -0.4 is 10.1 Å². The second-order valence-electron chi connectivity index (χ2n) is 9.06. The number of hydrogen-bond acceptors (Lipinski definition) is 4. The number of benzene rings is 3. The molecule has 0 aliphatic rings. The van der Waals surface area contributed by atoms with E-state index in [1.807, 2.05) is 55.5 Å². The van der Waals surface area contributed by atoms with Gasteiger partial charge in [0.1, 0.15) is 12.4 Å². The number of nitrogens with one attached hydrogen (secondary N) is 1. The zero-order valence-electron chi connectivity index (χ0n) is 20.3. The summed E-state index contributed by atoms with van der Waals surface area (Å²) in [6.07, 6.45) is 0.161. The minimum absolute atomic E-state index is 0.135. The molecule has 0 heterocycles. The highest BCUT2D eigenvalue weighted by atomic mass is 35.5. The van der Waals surface area contributed by atoms with E-state index in [1.165, 1.54) is 0 Å². The summed E-state index contributed by atoms with van der Waals surface area (Å²) in [7, 11) is 0. The Morgan fingerprint density at radius 1 is 0.917 bits per heavy atom. The number of hydrogen-bond donors (Lipinski definition) is 1. The van der Waals surface area contributed by atoms with Crippen molar-refractivity contribution in [2.45, 2.75) is 39.4 Å². The zero-order chi connectivity index (χ0) is 26.3. The van der Waals surface area contributed by atoms with Gasteiger partial charge < -0.3 is 14.8 Å². The topological polar surface area (TPSA) is 64.6 Å². The molecule has 0 spiro atoms. The maximum atomic E-state index is 12.7. The number of esters is 1. The average Bonchev–Trinajstić information content (AvgIpc) is 2.81. The second-order valence-corrected chi connectivity index (χ2v) is 10.4. The lowest BCUT2D eigenvalue weighted by molar-refractivity contribution is -0.146. The van der Waals surface area contributed by atoms with Crippen LogP contribution in [0.2, 0.25) is 15.1 Å². The molecule has 0 bridgehead atoms. The molecule has 8 heteroatoms. The predicted octanol–water partition coefficient (Wildman–Crippen LogP) is 7.36. The Morgan fingerprint density at radius 3 is 2.22 bits per heavy atom. The van der Waals surface area contributed by atoms with Gasteiger partial charge >= 0.3 is 5.97 Å². The highest BCUT2D eigenvalue weighted by molar-refractivity contribution is 6.34. The Bertz CT molecular complexity index is 1190. The molecule has 1 unspecified atom stereocenters. The van der Waals surface area contributed by atoms with Crippen molar-refractivity contribution < 1.29 is 19.1 Å². The van der Waals surface area contributed by atoms with Gasteiger partial charge in [0.25, 0.3) is 5.91 Å². The van der Waals surface area contributed by atoms with E-state index in [9.17, 15) is 9.59 Å².